The van der Waals surface area contributed by atoms with Gasteiger partial charge in [0.15, 0.2) is 0 Å². The molecule has 2 aromatic carbocycles. The van der Waals surface area contributed by atoms with Crippen LogP contribution in [0.5, 0.6) is 5.75 Å². The van der Waals surface area contributed by atoms with Crippen LogP contribution in [-0.4, -0.2) is 40.2 Å². The maximum atomic E-state index is 12.3. The van der Waals surface area contributed by atoms with E-state index in [-0.39, 0.29) is 36.3 Å². The zero-order valence-electron chi connectivity index (χ0n) is 15.0. The van der Waals surface area contributed by atoms with E-state index in [1.165, 1.54) is 11.4 Å². The number of fused-ring (bicyclic) bond motifs is 1. The first kappa shape index (κ1) is 19.5. The highest BCUT2D eigenvalue weighted by atomic mass is 35.5. The maximum Gasteiger partial charge on any atom is 0.341 e. The molecule has 0 fully saturated rings. The average molecular weight is 410 g/mol. The van der Waals surface area contributed by atoms with Crippen molar-refractivity contribution in [3.8, 4) is 5.75 Å². The molecule has 0 aliphatic carbocycles. The van der Waals surface area contributed by atoms with E-state index in [0.717, 1.165) is 11.8 Å². The number of halogens is 1. The minimum Gasteiger partial charge on any atom is -0.488 e. The van der Waals surface area contributed by atoms with Crippen molar-refractivity contribution in [2.45, 2.75) is 12.5 Å². The van der Waals surface area contributed by atoms with Gasteiger partial charge in [0.05, 0.1) is 19.1 Å². The summed E-state index contributed by atoms with van der Waals surface area (Å²) in [6.07, 6.45) is 1.14. The molecule has 27 heavy (non-hydrogen) atoms. The molecule has 2 aromatic rings. The molecule has 1 aliphatic rings. The van der Waals surface area contributed by atoms with Crippen LogP contribution in [0.2, 0.25) is 0 Å². The molecule has 0 bridgehead atoms. The van der Waals surface area contributed by atoms with E-state index in [9.17, 15) is 13.2 Å². The van der Waals surface area contributed by atoms with E-state index in [1.807, 2.05) is 30.3 Å². The standard InChI is InChI=1S/C19H20ClNO5S/c1-25-19(22)16-8-15-14(10-20)11-21(27(2,23)24)17(15)9-18(16)26-12-13-6-4-3-5-7-13/h3-9,14H,10-12H2,1-2H3. The van der Waals surface area contributed by atoms with Gasteiger partial charge in [-0.3, -0.25) is 4.31 Å². The summed E-state index contributed by atoms with van der Waals surface area (Å²) in [6.45, 7) is 0.474. The summed E-state index contributed by atoms with van der Waals surface area (Å²) in [5.74, 6) is -0.243. The summed E-state index contributed by atoms with van der Waals surface area (Å²) in [5.41, 5.74) is 2.35. The maximum absolute atomic E-state index is 12.3. The van der Waals surface area contributed by atoms with Crippen LogP contribution in [0.25, 0.3) is 0 Å². The van der Waals surface area contributed by atoms with Gasteiger partial charge in [-0.2, -0.15) is 0 Å². The van der Waals surface area contributed by atoms with E-state index in [0.29, 0.717) is 11.3 Å². The van der Waals surface area contributed by atoms with Crippen LogP contribution in [0.4, 0.5) is 5.69 Å². The number of benzene rings is 2. The van der Waals surface area contributed by atoms with Crippen LogP contribution < -0.4 is 9.04 Å². The van der Waals surface area contributed by atoms with Gasteiger partial charge in [0.25, 0.3) is 0 Å². The number of hydrogen-bond acceptors (Lipinski definition) is 5. The fourth-order valence-electron chi connectivity index (χ4n) is 3.10. The van der Waals surface area contributed by atoms with Gasteiger partial charge in [-0.15, -0.1) is 11.6 Å². The molecule has 0 aromatic heterocycles. The Bertz CT molecular complexity index is 946. The first-order chi connectivity index (χ1) is 12.8. The second-order valence-electron chi connectivity index (χ2n) is 6.32. The van der Waals surface area contributed by atoms with Gasteiger partial charge in [-0.25, -0.2) is 13.2 Å². The fraction of sp³-hybridized carbons (Fsp3) is 0.316. The molecule has 3 rings (SSSR count). The highest BCUT2D eigenvalue weighted by Crippen LogP contribution is 2.42. The van der Waals surface area contributed by atoms with Crippen molar-refractivity contribution in [2.75, 3.05) is 30.1 Å². The zero-order valence-corrected chi connectivity index (χ0v) is 16.6. The van der Waals surface area contributed by atoms with Gasteiger partial charge in [-0.05, 0) is 17.2 Å². The molecule has 0 N–H and O–H groups in total. The minimum atomic E-state index is -3.48. The van der Waals surface area contributed by atoms with Crippen LogP contribution in [0.3, 0.4) is 0 Å². The van der Waals surface area contributed by atoms with Crippen LogP contribution in [0, 0.1) is 0 Å². The van der Waals surface area contributed by atoms with Crippen LogP contribution in [0.1, 0.15) is 27.4 Å². The van der Waals surface area contributed by atoms with Gasteiger partial charge in [0.1, 0.15) is 17.9 Å². The molecule has 0 saturated carbocycles. The first-order valence-electron chi connectivity index (χ1n) is 8.31. The van der Waals surface area contributed by atoms with Gasteiger partial charge in [0, 0.05) is 24.4 Å². The van der Waals surface area contributed by atoms with Gasteiger partial charge >= 0.3 is 5.97 Å². The molecule has 0 radical (unpaired) electrons. The summed E-state index contributed by atoms with van der Waals surface area (Å²) in [6, 6.07) is 12.7. The van der Waals surface area contributed by atoms with Crippen molar-refractivity contribution < 1.29 is 22.7 Å². The largest absolute Gasteiger partial charge is 0.488 e. The number of carbonyl (C=O) groups is 1. The number of esters is 1. The Hall–Kier alpha value is -2.25. The highest BCUT2D eigenvalue weighted by Gasteiger charge is 2.35. The number of rotatable bonds is 6. The normalized spacial score (nSPS) is 16.1. The SMILES string of the molecule is COC(=O)c1cc2c(cc1OCc1ccccc1)N(S(C)(=O)=O)CC2CCl. The van der Waals surface area contributed by atoms with Crippen LogP contribution >= 0.6 is 11.6 Å². The van der Waals surface area contributed by atoms with Crippen molar-refractivity contribution in [1.29, 1.82) is 0 Å². The number of anilines is 1. The Labute approximate surface area is 163 Å². The van der Waals surface area contributed by atoms with Gasteiger partial charge in [0.2, 0.25) is 10.0 Å². The van der Waals surface area contributed by atoms with Crippen LogP contribution in [0.15, 0.2) is 42.5 Å². The van der Waals surface area contributed by atoms with Gasteiger partial charge in [-0.1, -0.05) is 30.3 Å². The Morgan fingerprint density at radius 3 is 2.56 bits per heavy atom. The number of sulfonamides is 1. The molecule has 0 amide bonds. The average Bonchev–Trinajstić information content (AvgIpc) is 3.03. The Morgan fingerprint density at radius 2 is 1.96 bits per heavy atom. The third kappa shape index (κ3) is 4.04. The third-order valence-electron chi connectivity index (χ3n) is 4.45. The number of ether oxygens (including phenoxy) is 2. The van der Waals surface area contributed by atoms with Crippen molar-refractivity contribution in [2.24, 2.45) is 0 Å². The van der Waals surface area contributed by atoms with E-state index in [1.54, 1.807) is 12.1 Å². The lowest BCUT2D eigenvalue weighted by atomic mass is 10.00. The second kappa shape index (κ2) is 7.78. The molecule has 0 spiro atoms. The summed E-state index contributed by atoms with van der Waals surface area (Å²) >= 11 is 6.03. The van der Waals surface area contributed by atoms with E-state index in [4.69, 9.17) is 21.1 Å². The lowest BCUT2D eigenvalue weighted by Gasteiger charge is -2.18. The fourth-order valence-corrected chi connectivity index (χ4v) is 4.33. The lowest BCUT2D eigenvalue weighted by Crippen LogP contribution is -2.28. The summed E-state index contributed by atoms with van der Waals surface area (Å²) in [5, 5.41) is 0. The van der Waals surface area contributed by atoms with E-state index < -0.39 is 16.0 Å². The molecular weight excluding hydrogens is 390 g/mol. The predicted molar refractivity (Wildman–Crippen MR) is 104 cm³/mol. The van der Waals surface area contributed by atoms with Crippen LogP contribution in [-0.2, 0) is 21.4 Å². The highest BCUT2D eigenvalue weighted by molar-refractivity contribution is 7.92. The smallest absolute Gasteiger partial charge is 0.341 e. The molecule has 0 saturated heterocycles. The molecule has 6 nitrogen and oxygen atoms in total. The molecule has 144 valence electrons. The molecular formula is C19H20ClNO5S. The Kier molecular flexibility index (Phi) is 5.62. The molecule has 1 aliphatic heterocycles. The second-order valence-corrected chi connectivity index (χ2v) is 8.53. The van der Waals surface area contributed by atoms with Crippen molar-refractivity contribution in [3.05, 3.63) is 59.2 Å². The molecule has 1 atom stereocenters. The van der Waals surface area contributed by atoms with E-state index >= 15 is 0 Å². The number of carbonyl (C=O) groups excluding carboxylic acids is 1. The predicted octanol–water partition coefficient (Wildman–Crippen LogP) is 3.15. The number of methoxy groups -OCH3 is 1. The summed E-state index contributed by atoms with van der Waals surface area (Å²) < 4.78 is 36.4. The molecule has 1 unspecified atom stereocenters. The zero-order chi connectivity index (χ0) is 19.6. The Morgan fingerprint density at radius 1 is 1.26 bits per heavy atom. The topological polar surface area (TPSA) is 72.9 Å². The Balaban J connectivity index is 2.05. The van der Waals surface area contributed by atoms with E-state index in [2.05, 4.69) is 0 Å². The van der Waals surface area contributed by atoms with Crippen molar-refractivity contribution in [3.63, 3.8) is 0 Å². The molecule has 1 heterocycles. The lowest BCUT2D eigenvalue weighted by molar-refractivity contribution is 0.0595. The quantitative estimate of drug-likeness (QED) is 0.541. The first-order valence-corrected chi connectivity index (χ1v) is 10.7. The third-order valence-corrected chi connectivity index (χ3v) is 5.97. The number of hydrogen-bond donors (Lipinski definition) is 0. The van der Waals surface area contributed by atoms with Gasteiger partial charge < -0.3 is 9.47 Å². The van der Waals surface area contributed by atoms with Crippen molar-refractivity contribution in [1.82, 2.24) is 0 Å². The monoisotopic (exact) mass is 409 g/mol. The van der Waals surface area contributed by atoms with Crippen molar-refractivity contribution >= 4 is 33.3 Å². The summed E-state index contributed by atoms with van der Waals surface area (Å²) in [7, 11) is -2.19. The number of alkyl halides is 1. The molecule has 8 heteroatoms. The summed E-state index contributed by atoms with van der Waals surface area (Å²) in [4.78, 5) is 12.3. The minimum absolute atomic E-state index is 0.206. The number of nitrogens with zero attached hydrogens (tertiary/aromatic N) is 1.